The van der Waals surface area contributed by atoms with Gasteiger partial charge in [-0.25, -0.2) is 9.63 Å². The Kier molecular flexibility index (Phi) is 3.87. The molecule has 0 atom stereocenters. The summed E-state index contributed by atoms with van der Waals surface area (Å²) in [6, 6.07) is 4.05. The number of aryl methyl sites for hydroxylation is 1. The molecule has 0 radical (unpaired) electrons. The summed E-state index contributed by atoms with van der Waals surface area (Å²) in [5, 5.41) is 11.7. The lowest BCUT2D eigenvalue weighted by Crippen LogP contribution is -2.51. The lowest BCUT2D eigenvalue weighted by molar-refractivity contribution is -0.697. The highest BCUT2D eigenvalue weighted by Crippen LogP contribution is 2.37. The summed E-state index contributed by atoms with van der Waals surface area (Å²) in [6.07, 6.45) is 6.48. The Morgan fingerprint density at radius 3 is 2.25 bits per heavy atom. The normalized spacial score (nSPS) is 20.1. The van der Waals surface area contributed by atoms with Gasteiger partial charge in [0.15, 0.2) is 18.2 Å². The fraction of sp³-hybridized carbons (Fsp3) is 0.625. The van der Waals surface area contributed by atoms with Crippen LogP contribution >= 0.6 is 0 Å². The Morgan fingerprint density at radius 2 is 1.80 bits per heavy atom. The van der Waals surface area contributed by atoms with Crippen molar-refractivity contribution in [2.75, 3.05) is 0 Å². The minimum Gasteiger partial charge on any atom is -0.286 e. The van der Waals surface area contributed by atoms with E-state index in [1.54, 1.807) is 0 Å². The third kappa shape index (κ3) is 2.44. The summed E-state index contributed by atoms with van der Waals surface area (Å²) in [5.41, 5.74) is 0.237. The van der Waals surface area contributed by atoms with Crippen LogP contribution in [0.4, 0.5) is 0 Å². The van der Waals surface area contributed by atoms with Crippen LogP contribution in [0.3, 0.4) is 0 Å². The zero-order valence-electron chi connectivity index (χ0n) is 13.2. The molecule has 0 amide bonds. The molecule has 20 heavy (non-hydrogen) atoms. The van der Waals surface area contributed by atoms with Gasteiger partial charge in [0.05, 0.1) is 11.1 Å². The van der Waals surface area contributed by atoms with Crippen LogP contribution in [0.5, 0.6) is 0 Å². The lowest BCUT2D eigenvalue weighted by atomic mass is 9.84. The molecular formula is C16H26N3O+. The second-order valence-corrected chi connectivity index (χ2v) is 6.54. The van der Waals surface area contributed by atoms with Gasteiger partial charge >= 0.3 is 0 Å². The van der Waals surface area contributed by atoms with Gasteiger partial charge in [0.1, 0.15) is 6.54 Å². The fourth-order valence-electron chi connectivity index (χ4n) is 2.26. The number of rotatable bonds is 4. The monoisotopic (exact) mass is 276 g/mol. The first kappa shape index (κ1) is 15.0. The van der Waals surface area contributed by atoms with Crippen molar-refractivity contribution in [2.45, 2.75) is 65.1 Å². The molecule has 4 nitrogen and oxygen atoms in total. The van der Waals surface area contributed by atoms with Crippen molar-refractivity contribution in [2.24, 2.45) is 4.99 Å². The number of hydrogen-bond acceptors (Lipinski definition) is 3. The van der Waals surface area contributed by atoms with Gasteiger partial charge in [-0.3, -0.25) is 10.2 Å². The summed E-state index contributed by atoms with van der Waals surface area (Å²) in [7, 11) is 0. The smallest absolute Gasteiger partial charge is 0.169 e. The van der Waals surface area contributed by atoms with E-state index >= 15 is 0 Å². The molecule has 1 aromatic rings. The zero-order valence-corrected chi connectivity index (χ0v) is 13.2. The van der Waals surface area contributed by atoms with Crippen LogP contribution in [-0.2, 0) is 6.54 Å². The molecular weight excluding hydrogens is 250 g/mol. The molecule has 1 aromatic heterocycles. The van der Waals surface area contributed by atoms with Gasteiger partial charge < -0.3 is 0 Å². The van der Waals surface area contributed by atoms with E-state index in [4.69, 9.17) is 4.99 Å². The lowest BCUT2D eigenvalue weighted by Gasteiger charge is -2.36. The van der Waals surface area contributed by atoms with E-state index in [0.29, 0.717) is 5.84 Å². The standard InChI is InChI=1S/C16H26N3O/c1-6-7-10-18-11-8-13(9-12-18)14-17-15(2,3)16(4,5)19(14)20/h8-9,11-12,20H,6-7,10H2,1-5H3/q+1. The Hall–Kier alpha value is -1.42. The van der Waals surface area contributed by atoms with Crippen LogP contribution in [0.1, 0.15) is 53.0 Å². The van der Waals surface area contributed by atoms with Gasteiger partial charge in [0, 0.05) is 24.1 Å². The molecule has 0 bridgehead atoms. The van der Waals surface area contributed by atoms with E-state index in [1.165, 1.54) is 17.9 Å². The highest BCUT2D eigenvalue weighted by molar-refractivity contribution is 6.00. The quantitative estimate of drug-likeness (QED) is 0.859. The molecule has 1 aliphatic rings. The SMILES string of the molecule is CCCC[n+]1ccc(C2=NC(C)(C)C(C)(C)N2O)cc1. The van der Waals surface area contributed by atoms with Gasteiger partial charge in [0.25, 0.3) is 0 Å². The average molecular weight is 276 g/mol. The van der Waals surface area contributed by atoms with Crippen molar-refractivity contribution >= 4 is 5.84 Å². The molecule has 0 spiro atoms. The van der Waals surface area contributed by atoms with E-state index in [9.17, 15) is 5.21 Å². The van der Waals surface area contributed by atoms with Gasteiger partial charge in [-0.1, -0.05) is 13.3 Å². The molecule has 4 heteroatoms. The zero-order chi connectivity index (χ0) is 15.0. The highest BCUT2D eigenvalue weighted by Gasteiger charge is 2.49. The summed E-state index contributed by atoms with van der Waals surface area (Å²) < 4.78 is 2.17. The van der Waals surface area contributed by atoms with E-state index in [0.717, 1.165) is 12.1 Å². The van der Waals surface area contributed by atoms with Crippen molar-refractivity contribution in [3.8, 4) is 0 Å². The average Bonchev–Trinajstić information content (AvgIpc) is 2.57. The third-order valence-corrected chi connectivity index (χ3v) is 4.53. The predicted molar refractivity (Wildman–Crippen MR) is 79.9 cm³/mol. The number of amidine groups is 1. The molecule has 0 saturated heterocycles. The Bertz CT molecular complexity index is 503. The third-order valence-electron chi connectivity index (χ3n) is 4.53. The molecule has 110 valence electrons. The fourth-order valence-corrected chi connectivity index (χ4v) is 2.26. The maximum Gasteiger partial charge on any atom is 0.169 e. The minimum atomic E-state index is -0.406. The predicted octanol–water partition coefficient (Wildman–Crippen LogP) is 2.78. The Morgan fingerprint density at radius 1 is 1.20 bits per heavy atom. The van der Waals surface area contributed by atoms with Gasteiger partial charge in [-0.2, -0.15) is 0 Å². The Balaban J connectivity index is 2.24. The van der Waals surface area contributed by atoms with Gasteiger partial charge in [-0.05, 0) is 27.7 Å². The van der Waals surface area contributed by atoms with E-state index in [-0.39, 0.29) is 5.54 Å². The molecule has 2 rings (SSSR count). The highest BCUT2D eigenvalue weighted by atomic mass is 16.5. The molecule has 0 aliphatic carbocycles. The van der Waals surface area contributed by atoms with Crippen LogP contribution in [0.2, 0.25) is 0 Å². The van der Waals surface area contributed by atoms with Crippen LogP contribution in [0.25, 0.3) is 0 Å². The summed E-state index contributed by atoms with van der Waals surface area (Å²) in [4.78, 5) is 4.70. The van der Waals surface area contributed by atoms with E-state index < -0.39 is 5.54 Å². The first-order valence-electron chi connectivity index (χ1n) is 7.38. The topological polar surface area (TPSA) is 39.7 Å². The van der Waals surface area contributed by atoms with Crippen LogP contribution in [0.15, 0.2) is 29.5 Å². The van der Waals surface area contributed by atoms with Gasteiger partial charge in [0.2, 0.25) is 0 Å². The number of hydroxylamine groups is 2. The number of nitrogens with zero attached hydrogens (tertiary/aromatic N) is 3. The number of pyridine rings is 1. The molecule has 0 aromatic carbocycles. The second kappa shape index (κ2) is 5.17. The molecule has 2 heterocycles. The first-order chi connectivity index (χ1) is 9.29. The number of aliphatic imine (C=N–C) groups is 1. The first-order valence-corrected chi connectivity index (χ1v) is 7.38. The summed E-state index contributed by atoms with van der Waals surface area (Å²) in [6.45, 7) is 11.3. The van der Waals surface area contributed by atoms with Crippen LogP contribution in [-0.4, -0.2) is 27.2 Å². The maximum absolute atomic E-state index is 10.4. The molecule has 0 saturated carbocycles. The second-order valence-electron chi connectivity index (χ2n) is 6.54. The van der Waals surface area contributed by atoms with Crippen molar-refractivity contribution < 1.29 is 9.77 Å². The molecule has 0 fully saturated rings. The van der Waals surface area contributed by atoms with Crippen LogP contribution < -0.4 is 4.57 Å². The Labute approximate surface area is 121 Å². The molecule has 1 aliphatic heterocycles. The van der Waals surface area contributed by atoms with Crippen molar-refractivity contribution in [1.29, 1.82) is 0 Å². The van der Waals surface area contributed by atoms with E-state index in [2.05, 4.69) is 23.9 Å². The van der Waals surface area contributed by atoms with E-state index in [1.807, 2.05) is 39.8 Å². The number of unbranched alkanes of at least 4 members (excludes halogenated alkanes) is 1. The minimum absolute atomic E-state index is 0.314. The largest absolute Gasteiger partial charge is 0.286 e. The van der Waals surface area contributed by atoms with Crippen molar-refractivity contribution in [1.82, 2.24) is 5.06 Å². The summed E-state index contributed by atoms with van der Waals surface area (Å²) >= 11 is 0. The summed E-state index contributed by atoms with van der Waals surface area (Å²) in [5.74, 6) is 0.655. The number of hydrogen-bond donors (Lipinski definition) is 1. The van der Waals surface area contributed by atoms with Gasteiger partial charge in [-0.15, -0.1) is 0 Å². The molecule has 1 N–H and O–H groups in total. The van der Waals surface area contributed by atoms with Crippen molar-refractivity contribution in [3.63, 3.8) is 0 Å². The molecule has 0 unspecified atom stereocenters. The van der Waals surface area contributed by atoms with Crippen molar-refractivity contribution in [3.05, 3.63) is 30.1 Å². The maximum atomic E-state index is 10.4. The van der Waals surface area contributed by atoms with Crippen LogP contribution in [0, 0.1) is 0 Å². The number of aromatic nitrogens is 1.